The van der Waals surface area contributed by atoms with Crippen LogP contribution in [0, 0.1) is 0 Å². The van der Waals surface area contributed by atoms with Crippen LogP contribution >= 0.6 is 15.9 Å². The largest absolute Gasteiger partial charge is 0.437 e. The first-order valence-electron chi connectivity index (χ1n) is 6.13. The topological polar surface area (TPSA) is 61.0 Å². The van der Waals surface area contributed by atoms with E-state index >= 15 is 0 Å². The van der Waals surface area contributed by atoms with E-state index in [1.54, 1.807) is 12.4 Å². The van der Waals surface area contributed by atoms with Crippen LogP contribution in [0.25, 0.3) is 10.8 Å². The summed E-state index contributed by atoms with van der Waals surface area (Å²) in [6.07, 6.45) is 3.20. The molecule has 100 valence electrons. The molecule has 0 fully saturated rings. The number of ether oxygens (including phenoxy) is 1. The predicted octanol–water partition coefficient (Wildman–Crippen LogP) is 3.64. The Morgan fingerprint density at radius 1 is 1.00 bits per heavy atom. The van der Waals surface area contributed by atoms with E-state index in [1.165, 1.54) is 0 Å². The van der Waals surface area contributed by atoms with E-state index in [2.05, 4.69) is 32.0 Å². The highest BCUT2D eigenvalue weighted by Gasteiger charge is 2.02. The molecule has 1 aromatic heterocycles. The van der Waals surface area contributed by atoms with Gasteiger partial charge in [-0.3, -0.25) is 4.98 Å². The molecule has 20 heavy (non-hydrogen) atoms. The van der Waals surface area contributed by atoms with Crippen molar-refractivity contribution in [3.8, 4) is 11.6 Å². The summed E-state index contributed by atoms with van der Waals surface area (Å²) in [6, 6.07) is 12.0. The Labute approximate surface area is 124 Å². The molecule has 1 heterocycles. The third-order valence-corrected chi connectivity index (χ3v) is 3.38. The lowest BCUT2D eigenvalue weighted by Crippen LogP contribution is -2.00. The quantitative estimate of drug-likeness (QED) is 0.796. The molecule has 0 saturated carbocycles. The summed E-state index contributed by atoms with van der Waals surface area (Å²) in [4.78, 5) is 8.32. The first kappa shape index (κ1) is 13.0. The molecular weight excluding hydrogens is 318 g/mol. The molecule has 3 rings (SSSR count). The van der Waals surface area contributed by atoms with E-state index in [9.17, 15) is 0 Å². The van der Waals surface area contributed by atoms with Crippen molar-refractivity contribution in [3.05, 3.63) is 59.0 Å². The molecule has 2 aromatic carbocycles. The summed E-state index contributed by atoms with van der Waals surface area (Å²) < 4.78 is 6.75. The Balaban J connectivity index is 1.88. The van der Waals surface area contributed by atoms with E-state index in [-0.39, 0.29) is 0 Å². The SMILES string of the molecule is NCc1cnc(Oc2ccc3cc(Br)ccc3c2)cn1. The third-order valence-electron chi connectivity index (χ3n) is 2.89. The summed E-state index contributed by atoms with van der Waals surface area (Å²) in [5.74, 6) is 1.19. The zero-order valence-corrected chi connectivity index (χ0v) is 12.2. The number of hydrogen-bond donors (Lipinski definition) is 1. The molecule has 0 spiro atoms. The minimum absolute atomic E-state index is 0.373. The van der Waals surface area contributed by atoms with Crippen LogP contribution in [-0.2, 0) is 6.54 Å². The number of fused-ring (bicyclic) bond motifs is 1. The van der Waals surface area contributed by atoms with E-state index in [1.807, 2.05) is 30.3 Å². The summed E-state index contributed by atoms with van der Waals surface area (Å²) in [6.45, 7) is 0.373. The summed E-state index contributed by atoms with van der Waals surface area (Å²) in [5, 5.41) is 2.26. The molecule has 0 bridgehead atoms. The maximum absolute atomic E-state index is 5.69. The van der Waals surface area contributed by atoms with Gasteiger partial charge in [0.15, 0.2) is 0 Å². The Kier molecular flexibility index (Phi) is 3.62. The lowest BCUT2D eigenvalue weighted by atomic mass is 10.1. The van der Waals surface area contributed by atoms with Gasteiger partial charge < -0.3 is 10.5 Å². The van der Waals surface area contributed by atoms with E-state index in [0.717, 1.165) is 26.7 Å². The Morgan fingerprint density at radius 3 is 2.55 bits per heavy atom. The molecule has 5 heteroatoms. The first-order chi connectivity index (χ1) is 9.74. The van der Waals surface area contributed by atoms with Gasteiger partial charge in [-0.2, -0.15) is 0 Å². The van der Waals surface area contributed by atoms with Crippen molar-refractivity contribution in [2.75, 3.05) is 0 Å². The minimum atomic E-state index is 0.373. The zero-order valence-electron chi connectivity index (χ0n) is 10.6. The van der Waals surface area contributed by atoms with Gasteiger partial charge in [-0.25, -0.2) is 4.98 Å². The molecule has 0 aliphatic heterocycles. The van der Waals surface area contributed by atoms with Crippen LogP contribution in [0.4, 0.5) is 0 Å². The molecule has 0 amide bonds. The van der Waals surface area contributed by atoms with Crippen molar-refractivity contribution >= 4 is 26.7 Å². The first-order valence-corrected chi connectivity index (χ1v) is 6.92. The fourth-order valence-corrected chi connectivity index (χ4v) is 2.26. The second-order valence-corrected chi connectivity index (χ2v) is 5.22. The monoisotopic (exact) mass is 329 g/mol. The second-order valence-electron chi connectivity index (χ2n) is 4.31. The molecule has 4 nitrogen and oxygen atoms in total. The molecule has 0 unspecified atom stereocenters. The molecule has 2 N–H and O–H groups in total. The van der Waals surface area contributed by atoms with Crippen LogP contribution in [0.1, 0.15) is 5.69 Å². The standard InChI is InChI=1S/C15H12BrN3O/c16-12-3-1-11-6-14(4-2-10(11)5-12)20-15-9-18-13(7-17)8-19-15/h1-6,8-9H,7,17H2. The van der Waals surface area contributed by atoms with Crippen LogP contribution in [0.3, 0.4) is 0 Å². The van der Waals surface area contributed by atoms with Crippen molar-refractivity contribution in [2.45, 2.75) is 6.54 Å². The van der Waals surface area contributed by atoms with Gasteiger partial charge in [-0.1, -0.05) is 28.1 Å². The Morgan fingerprint density at radius 2 is 1.80 bits per heavy atom. The molecule has 0 radical (unpaired) electrons. The lowest BCUT2D eigenvalue weighted by molar-refractivity contribution is 0.460. The number of aromatic nitrogens is 2. The van der Waals surface area contributed by atoms with Gasteiger partial charge in [0, 0.05) is 11.0 Å². The normalized spacial score (nSPS) is 10.7. The highest BCUT2D eigenvalue weighted by molar-refractivity contribution is 9.10. The summed E-state index contributed by atoms with van der Waals surface area (Å²) >= 11 is 3.46. The van der Waals surface area contributed by atoms with Crippen LogP contribution < -0.4 is 10.5 Å². The third kappa shape index (κ3) is 2.79. The number of benzene rings is 2. The number of rotatable bonds is 3. The van der Waals surface area contributed by atoms with Gasteiger partial charge in [0.05, 0.1) is 18.1 Å². The predicted molar refractivity (Wildman–Crippen MR) is 81.6 cm³/mol. The van der Waals surface area contributed by atoms with E-state index in [4.69, 9.17) is 10.5 Å². The average Bonchev–Trinajstić information content (AvgIpc) is 2.48. The van der Waals surface area contributed by atoms with Gasteiger partial charge in [-0.05, 0) is 35.0 Å². The van der Waals surface area contributed by atoms with Crippen molar-refractivity contribution in [1.29, 1.82) is 0 Å². The second kappa shape index (κ2) is 5.56. The van der Waals surface area contributed by atoms with Gasteiger partial charge in [0.1, 0.15) is 5.75 Å². The molecular formula is C15H12BrN3O. The average molecular weight is 330 g/mol. The van der Waals surface area contributed by atoms with Gasteiger partial charge >= 0.3 is 0 Å². The molecule has 0 saturated heterocycles. The van der Waals surface area contributed by atoms with Crippen molar-refractivity contribution in [2.24, 2.45) is 5.73 Å². The highest BCUT2D eigenvalue weighted by atomic mass is 79.9. The number of halogens is 1. The summed E-state index contributed by atoms with van der Waals surface area (Å²) in [7, 11) is 0. The molecule has 0 aliphatic carbocycles. The fourth-order valence-electron chi connectivity index (χ4n) is 1.88. The maximum atomic E-state index is 5.69. The van der Waals surface area contributed by atoms with E-state index in [0.29, 0.717) is 12.4 Å². The van der Waals surface area contributed by atoms with Crippen molar-refractivity contribution in [1.82, 2.24) is 9.97 Å². The fraction of sp³-hybridized carbons (Fsp3) is 0.0667. The molecule has 0 aliphatic rings. The van der Waals surface area contributed by atoms with E-state index < -0.39 is 0 Å². The van der Waals surface area contributed by atoms with Crippen LogP contribution in [0.2, 0.25) is 0 Å². The smallest absolute Gasteiger partial charge is 0.237 e. The van der Waals surface area contributed by atoms with Crippen molar-refractivity contribution in [3.63, 3.8) is 0 Å². The lowest BCUT2D eigenvalue weighted by Gasteiger charge is -2.06. The molecule has 3 aromatic rings. The Hall–Kier alpha value is -1.98. The Bertz CT molecular complexity index is 744. The van der Waals surface area contributed by atoms with Gasteiger partial charge in [-0.15, -0.1) is 0 Å². The molecule has 0 atom stereocenters. The highest BCUT2D eigenvalue weighted by Crippen LogP contribution is 2.26. The number of nitrogens with zero attached hydrogens (tertiary/aromatic N) is 2. The van der Waals surface area contributed by atoms with Crippen molar-refractivity contribution < 1.29 is 4.74 Å². The zero-order chi connectivity index (χ0) is 13.9. The van der Waals surface area contributed by atoms with Crippen LogP contribution in [-0.4, -0.2) is 9.97 Å². The summed E-state index contributed by atoms with van der Waals surface area (Å²) in [5.41, 5.74) is 6.22. The maximum Gasteiger partial charge on any atom is 0.237 e. The van der Waals surface area contributed by atoms with Crippen LogP contribution in [0.15, 0.2) is 53.3 Å². The van der Waals surface area contributed by atoms with Gasteiger partial charge in [0.25, 0.3) is 0 Å². The number of hydrogen-bond acceptors (Lipinski definition) is 4. The van der Waals surface area contributed by atoms with Gasteiger partial charge in [0.2, 0.25) is 5.88 Å². The minimum Gasteiger partial charge on any atom is -0.437 e. The number of nitrogens with two attached hydrogens (primary N) is 1. The van der Waals surface area contributed by atoms with Crippen LogP contribution in [0.5, 0.6) is 11.6 Å².